The molecule has 6 nitrogen and oxygen atoms in total. The molecule has 1 aliphatic carbocycles. The van der Waals surface area contributed by atoms with Crippen LogP contribution in [0, 0.1) is 0 Å². The van der Waals surface area contributed by atoms with E-state index in [-0.39, 0.29) is 6.10 Å². The van der Waals surface area contributed by atoms with Crippen molar-refractivity contribution in [2.45, 2.75) is 50.7 Å². The topological polar surface area (TPSA) is 97.0 Å². The number of nitrogens with zero attached hydrogens (tertiary/aromatic N) is 3. The number of aliphatic hydroxyl groups is 1. The van der Waals surface area contributed by atoms with Crippen molar-refractivity contribution in [3.8, 4) is 0 Å². The van der Waals surface area contributed by atoms with Crippen LogP contribution in [0.15, 0.2) is 54.6 Å². The zero-order chi connectivity index (χ0) is 21.9. The van der Waals surface area contributed by atoms with Crippen LogP contribution in [-0.2, 0) is 12.8 Å². The second-order valence-electron chi connectivity index (χ2n) is 8.50. The average Bonchev–Trinajstić information content (AvgIpc) is 3.17. The summed E-state index contributed by atoms with van der Waals surface area (Å²) in [5.41, 5.74) is 10.8. The van der Waals surface area contributed by atoms with Gasteiger partial charge in [0.15, 0.2) is 0 Å². The van der Waals surface area contributed by atoms with Crippen LogP contribution in [0.3, 0.4) is 0 Å². The smallest absolute Gasteiger partial charge is 0.223 e. The molecule has 7 heteroatoms. The Morgan fingerprint density at radius 2 is 1.66 bits per heavy atom. The molecule has 0 aliphatic heterocycles. The lowest BCUT2D eigenvalue weighted by Gasteiger charge is -2.26. The highest BCUT2D eigenvalue weighted by Crippen LogP contribution is 2.26. The van der Waals surface area contributed by atoms with Gasteiger partial charge in [0.25, 0.3) is 0 Å². The number of anilines is 2. The van der Waals surface area contributed by atoms with Crippen LogP contribution in [0.5, 0.6) is 0 Å². The lowest BCUT2D eigenvalue weighted by Crippen LogP contribution is -2.29. The van der Waals surface area contributed by atoms with Crippen LogP contribution in [0.4, 0.5) is 11.6 Å². The predicted octanol–water partition coefficient (Wildman–Crippen LogP) is 4.57. The first-order chi connectivity index (χ1) is 15.6. The first kappa shape index (κ1) is 20.8. The normalized spacial score (nSPS) is 18.7. The number of hydrogen-bond acceptors (Lipinski definition) is 7. The van der Waals surface area contributed by atoms with Gasteiger partial charge in [-0.2, -0.15) is 0 Å². The first-order valence-corrected chi connectivity index (χ1v) is 11.9. The summed E-state index contributed by atoms with van der Waals surface area (Å²) in [5, 5.41) is 14.4. The van der Waals surface area contributed by atoms with Crippen molar-refractivity contribution >= 4 is 33.2 Å². The lowest BCUT2D eigenvalue weighted by molar-refractivity contribution is 0.126. The van der Waals surface area contributed by atoms with Gasteiger partial charge in [-0.05, 0) is 55.5 Å². The molecular weight excluding hydrogens is 418 g/mol. The Labute approximate surface area is 191 Å². The van der Waals surface area contributed by atoms with Crippen molar-refractivity contribution in [2.24, 2.45) is 0 Å². The number of fused-ring (bicyclic) bond motifs is 1. The van der Waals surface area contributed by atoms with Crippen molar-refractivity contribution in [2.75, 3.05) is 11.1 Å². The molecule has 5 rings (SSSR count). The molecule has 1 aliphatic rings. The molecule has 1 saturated carbocycles. The summed E-state index contributed by atoms with van der Waals surface area (Å²) in [5.74, 6) is 0.667. The van der Waals surface area contributed by atoms with Crippen LogP contribution in [-0.4, -0.2) is 32.2 Å². The van der Waals surface area contributed by atoms with Gasteiger partial charge in [-0.15, -0.1) is 11.3 Å². The minimum Gasteiger partial charge on any atom is -0.399 e. The highest BCUT2D eigenvalue weighted by Gasteiger charge is 2.20. The highest BCUT2D eigenvalue weighted by atomic mass is 32.1. The lowest BCUT2D eigenvalue weighted by atomic mass is 9.93. The predicted molar refractivity (Wildman–Crippen MR) is 130 cm³/mol. The molecule has 164 valence electrons. The number of hydrogen-bond donors (Lipinski definition) is 3. The largest absolute Gasteiger partial charge is 0.399 e. The van der Waals surface area contributed by atoms with Crippen molar-refractivity contribution < 1.29 is 5.11 Å². The molecule has 0 radical (unpaired) electrons. The maximum absolute atomic E-state index is 9.81. The summed E-state index contributed by atoms with van der Waals surface area (Å²) in [4.78, 5) is 14.4. The second kappa shape index (κ2) is 9.22. The summed E-state index contributed by atoms with van der Waals surface area (Å²) < 4.78 is 1.10. The van der Waals surface area contributed by atoms with E-state index < -0.39 is 0 Å². The minimum atomic E-state index is -0.179. The third-order valence-corrected chi connectivity index (χ3v) is 6.90. The highest BCUT2D eigenvalue weighted by molar-refractivity contribution is 7.18. The number of nitrogens with one attached hydrogen (secondary N) is 1. The Morgan fingerprint density at radius 1 is 0.906 bits per heavy atom. The van der Waals surface area contributed by atoms with Gasteiger partial charge in [-0.1, -0.05) is 30.3 Å². The number of benzene rings is 2. The van der Waals surface area contributed by atoms with Gasteiger partial charge in [-0.25, -0.2) is 15.0 Å². The van der Waals surface area contributed by atoms with Crippen LogP contribution < -0.4 is 11.1 Å². The molecule has 0 saturated heterocycles. The van der Waals surface area contributed by atoms with E-state index in [1.165, 1.54) is 5.56 Å². The van der Waals surface area contributed by atoms with E-state index in [0.717, 1.165) is 64.4 Å². The summed E-state index contributed by atoms with van der Waals surface area (Å²) in [7, 11) is 0. The van der Waals surface area contributed by atoms with Gasteiger partial charge >= 0.3 is 0 Å². The Kier molecular flexibility index (Phi) is 6.01. The fourth-order valence-electron chi connectivity index (χ4n) is 4.23. The first-order valence-electron chi connectivity index (χ1n) is 11.1. The summed E-state index contributed by atoms with van der Waals surface area (Å²) >= 11 is 1.66. The molecule has 2 aromatic carbocycles. The van der Waals surface area contributed by atoms with Crippen LogP contribution in [0.25, 0.3) is 10.2 Å². The maximum Gasteiger partial charge on any atom is 0.223 e. The SMILES string of the molecule is Nc1ccc2nc(Cc3cc(Cc4ccccc4)nc(NC4CCC(O)CC4)n3)sc2c1. The van der Waals surface area contributed by atoms with Crippen molar-refractivity contribution in [3.05, 3.63) is 76.6 Å². The molecule has 0 amide bonds. The minimum absolute atomic E-state index is 0.179. The van der Waals surface area contributed by atoms with Crippen LogP contribution in [0.1, 0.15) is 47.6 Å². The zero-order valence-electron chi connectivity index (χ0n) is 17.9. The Bertz CT molecular complexity index is 1200. The van der Waals surface area contributed by atoms with E-state index in [1.54, 1.807) is 11.3 Å². The Balaban J connectivity index is 1.42. The van der Waals surface area contributed by atoms with Gasteiger partial charge in [-0.3, -0.25) is 0 Å². The summed E-state index contributed by atoms with van der Waals surface area (Å²) in [6.07, 6.45) is 4.74. The fraction of sp³-hybridized carbons (Fsp3) is 0.320. The standard InChI is InChI=1S/C25H27N5OS/c26-17-6-11-22-23(13-17)32-24(30-22)15-20-14-19(12-16-4-2-1-3-5-16)28-25(29-20)27-18-7-9-21(31)10-8-18/h1-6,11,13-14,18,21,31H,7-10,12,15,26H2,(H,27,28,29). The average molecular weight is 446 g/mol. The number of rotatable bonds is 6. The number of nitrogen functional groups attached to an aromatic ring is 1. The van der Waals surface area contributed by atoms with Gasteiger partial charge < -0.3 is 16.2 Å². The molecule has 4 aromatic rings. The zero-order valence-corrected chi connectivity index (χ0v) is 18.7. The van der Waals surface area contributed by atoms with E-state index in [0.29, 0.717) is 18.4 Å². The van der Waals surface area contributed by atoms with E-state index >= 15 is 0 Å². The molecule has 0 atom stereocenters. The Morgan fingerprint density at radius 3 is 2.44 bits per heavy atom. The monoisotopic (exact) mass is 445 g/mol. The number of aliphatic hydroxyl groups excluding tert-OH is 1. The Hall–Kier alpha value is -3.03. The van der Waals surface area contributed by atoms with E-state index in [4.69, 9.17) is 20.7 Å². The molecule has 2 heterocycles. The number of thiazole rings is 1. The molecule has 1 fully saturated rings. The quantitative estimate of drug-likeness (QED) is 0.376. The molecular formula is C25H27N5OS. The number of aromatic nitrogens is 3. The van der Waals surface area contributed by atoms with E-state index in [9.17, 15) is 5.11 Å². The second-order valence-corrected chi connectivity index (χ2v) is 9.61. The van der Waals surface area contributed by atoms with Gasteiger partial charge in [0.2, 0.25) is 5.95 Å². The molecule has 2 aromatic heterocycles. The van der Waals surface area contributed by atoms with Gasteiger partial charge in [0, 0.05) is 24.6 Å². The van der Waals surface area contributed by atoms with Crippen molar-refractivity contribution in [1.82, 2.24) is 15.0 Å². The van der Waals surface area contributed by atoms with Gasteiger partial charge in [0.05, 0.1) is 32.7 Å². The fourth-order valence-corrected chi connectivity index (χ4v) is 5.26. The van der Waals surface area contributed by atoms with Gasteiger partial charge in [0.1, 0.15) is 0 Å². The molecule has 0 unspecified atom stereocenters. The molecule has 0 bridgehead atoms. The third kappa shape index (κ3) is 5.06. The molecule has 4 N–H and O–H groups in total. The summed E-state index contributed by atoms with van der Waals surface area (Å²) in [6, 6.07) is 18.6. The van der Waals surface area contributed by atoms with E-state index in [2.05, 4.69) is 35.6 Å². The van der Waals surface area contributed by atoms with E-state index in [1.807, 2.05) is 24.3 Å². The van der Waals surface area contributed by atoms with Crippen molar-refractivity contribution in [3.63, 3.8) is 0 Å². The molecule has 32 heavy (non-hydrogen) atoms. The van der Waals surface area contributed by atoms with Crippen LogP contribution in [0.2, 0.25) is 0 Å². The third-order valence-electron chi connectivity index (χ3n) is 5.88. The molecule has 0 spiro atoms. The maximum atomic E-state index is 9.81. The summed E-state index contributed by atoms with van der Waals surface area (Å²) in [6.45, 7) is 0. The number of nitrogens with two attached hydrogens (primary N) is 1. The van der Waals surface area contributed by atoms with Crippen LogP contribution >= 0.6 is 11.3 Å². The van der Waals surface area contributed by atoms with Crippen molar-refractivity contribution in [1.29, 1.82) is 0 Å².